The molecule has 96 valence electrons. The number of aromatic nitrogens is 1. The van der Waals surface area contributed by atoms with E-state index < -0.39 is 0 Å². The summed E-state index contributed by atoms with van der Waals surface area (Å²) < 4.78 is 7.95. The first-order valence-electron chi connectivity index (χ1n) is 5.88. The molecule has 0 bridgehead atoms. The van der Waals surface area contributed by atoms with Crippen molar-refractivity contribution < 1.29 is 9.53 Å². The molecule has 1 aromatic heterocycles. The van der Waals surface area contributed by atoms with Gasteiger partial charge in [-0.15, -0.1) is 0 Å². The molecular weight excluding hydrogens is 294 g/mol. The van der Waals surface area contributed by atoms with Gasteiger partial charge in [0.1, 0.15) is 0 Å². The summed E-state index contributed by atoms with van der Waals surface area (Å²) >= 11 is 3.48. The quantitative estimate of drug-likeness (QED) is 0.808. The van der Waals surface area contributed by atoms with Crippen LogP contribution < -0.4 is 0 Å². The summed E-state index contributed by atoms with van der Waals surface area (Å²) in [7, 11) is 1.43. The highest BCUT2D eigenvalue weighted by atomic mass is 79.9. The summed E-state index contributed by atoms with van der Waals surface area (Å²) in [6, 6.07) is 8.26. The molecule has 4 heteroatoms. The number of hydrogen-bond acceptors (Lipinski definition) is 2. The zero-order valence-electron chi connectivity index (χ0n) is 10.7. The number of hydrogen-bond donors (Lipinski definition) is 0. The van der Waals surface area contributed by atoms with Crippen molar-refractivity contribution in [1.29, 1.82) is 0 Å². The first-order chi connectivity index (χ1) is 8.54. The highest BCUT2D eigenvalue weighted by Gasteiger charge is 2.23. The number of fused-ring (bicyclic) bond motifs is 1. The predicted molar refractivity (Wildman–Crippen MR) is 75.5 cm³/mol. The summed E-state index contributed by atoms with van der Waals surface area (Å²) in [5, 5.41) is 1.17. The SMILES string of the molecule is COC(=O)C(C)C(C)n1ccc2ccc(Br)cc21. The average Bonchev–Trinajstić information content (AvgIpc) is 2.78. The van der Waals surface area contributed by atoms with Crippen LogP contribution in [0.25, 0.3) is 10.9 Å². The fraction of sp³-hybridized carbons (Fsp3) is 0.357. The van der Waals surface area contributed by atoms with Gasteiger partial charge in [0.2, 0.25) is 0 Å². The number of halogens is 1. The number of methoxy groups -OCH3 is 1. The largest absolute Gasteiger partial charge is 0.469 e. The zero-order chi connectivity index (χ0) is 13.3. The number of carbonyl (C=O) groups excluding carboxylic acids is 1. The Hall–Kier alpha value is -1.29. The Labute approximate surface area is 115 Å². The smallest absolute Gasteiger partial charge is 0.310 e. The Morgan fingerprint density at radius 2 is 2.06 bits per heavy atom. The fourth-order valence-electron chi connectivity index (χ4n) is 2.10. The van der Waals surface area contributed by atoms with E-state index in [1.807, 2.05) is 26.1 Å². The molecule has 0 amide bonds. The lowest BCUT2D eigenvalue weighted by molar-refractivity contribution is -0.146. The molecule has 1 aromatic carbocycles. The molecule has 0 aliphatic rings. The van der Waals surface area contributed by atoms with Gasteiger partial charge >= 0.3 is 5.97 Å². The lowest BCUT2D eigenvalue weighted by atomic mass is 10.0. The Balaban J connectivity index is 2.41. The van der Waals surface area contributed by atoms with Gasteiger partial charge in [-0.1, -0.05) is 22.0 Å². The number of rotatable bonds is 3. The van der Waals surface area contributed by atoms with Crippen molar-refractivity contribution in [3.05, 3.63) is 34.9 Å². The normalized spacial score (nSPS) is 14.4. The monoisotopic (exact) mass is 309 g/mol. The molecule has 0 radical (unpaired) electrons. The second-order valence-corrected chi connectivity index (χ2v) is 5.39. The van der Waals surface area contributed by atoms with Gasteiger partial charge in [-0.25, -0.2) is 0 Å². The molecule has 2 unspecified atom stereocenters. The molecule has 2 aromatic rings. The van der Waals surface area contributed by atoms with Gasteiger partial charge in [0, 0.05) is 22.2 Å². The van der Waals surface area contributed by atoms with E-state index in [-0.39, 0.29) is 17.9 Å². The number of carbonyl (C=O) groups is 1. The topological polar surface area (TPSA) is 31.2 Å². The van der Waals surface area contributed by atoms with Gasteiger partial charge < -0.3 is 9.30 Å². The molecule has 2 atom stereocenters. The van der Waals surface area contributed by atoms with E-state index in [1.54, 1.807) is 0 Å². The van der Waals surface area contributed by atoms with Crippen LogP contribution in [0.5, 0.6) is 0 Å². The molecule has 3 nitrogen and oxygen atoms in total. The summed E-state index contributed by atoms with van der Waals surface area (Å²) in [6.07, 6.45) is 2.02. The van der Waals surface area contributed by atoms with E-state index in [1.165, 1.54) is 12.5 Å². The van der Waals surface area contributed by atoms with Crippen LogP contribution in [-0.4, -0.2) is 17.6 Å². The summed E-state index contributed by atoms with van der Waals surface area (Å²) in [5.41, 5.74) is 1.12. The van der Waals surface area contributed by atoms with E-state index in [4.69, 9.17) is 4.74 Å². The molecular formula is C14H16BrNO2. The third-order valence-corrected chi connectivity index (χ3v) is 3.91. The van der Waals surface area contributed by atoms with E-state index >= 15 is 0 Å². The first kappa shape index (κ1) is 13.1. The van der Waals surface area contributed by atoms with Crippen molar-refractivity contribution in [2.45, 2.75) is 19.9 Å². The van der Waals surface area contributed by atoms with Gasteiger partial charge in [0.05, 0.1) is 13.0 Å². The number of benzene rings is 1. The molecule has 1 heterocycles. The highest BCUT2D eigenvalue weighted by molar-refractivity contribution is 9.10. The van der Waals surface area contributed by atoms with Crippen LogP contribution in [-0.2, 0) is 9.53 Å². The van der Waals surface area contributed by atoms with Crippen molar-refractivity contribution in [1.82, 2.24) is 4.57 Å². The number of ether oxygens (including phenoxy) is 1. The second kappa shape index (κ2) is 5.14. The van der Waals surface area contributed by atoms with Crippen molar-refractivity contribution in [2.24, 2.45) is 5.92 Å². The van der Waals surface area contributed by atoms with Crippen LogP contribution in [0.3, 0.4) is 0 Å². The molecule has 2 rings (SSSR count). The minimum Gasteiger partial charge on any atom is -0.469 e. The van der Waals surface area contributed by atoms with Gasteiger partial charge in [-0.05, 0) is 37.4 Å². The molecule has 18 heavy (non-hydrogen) atoms. The maximum absolute atomic E-state index is 11.6. The zero-order valence-corrected chi connectivity index (χ0v) is 12.3. The fourth-order valence-corrected chi connectivity index (χ4v) is 2.45. The third kappa shape index (κ3) is 2.29. The Kier molecular flexibility index (Phi) is 3.76. The van der Waals surface area contributed by atoms with Gasteiger partial charge in [0.25, 0.3) is 0 Å². The standard InChI is InChI=1S/C14H16BrNO2/c1-9(14(17)18-3)10(2)16-7-6-11-4-5-12(15)8-13(11)16/h4-10H,1-3H3. The Morgan fingerprint density at radius 1 is 1.33 bits per heavy atom. The van der Waals surface area contributed by atoms with Crippen molar-refractivity contribution in [2.75, 3.05) is 7.11 Å². The van der Waals surface area contributed by atoms with Gasteiger partial charge in [-0.3, -0.25) is 4.79 Å². The van der Waals surface area contributed by atoms with Crippen LogP contribution in [0, 0.1) is 5.92 Å². The molecule has 0 fully saturated rings. The summed E-state index contributed by atoms with van der Waals surface area (Å²) in [6.45, 7) is 3.92. The van der Waals surface area contributed by atoms with Crippen molar-refractivity contribution in [3.63, 3.8) is 0 Å². The maximum atomic E-state index is 11.6. The molecule has 0 saturated carbocycles. The number of nitrogens with zero attached hydrogens (tertiary/aromatic N) is 1. The molecule has 0 saturated heterocycles. The Morgan fingerprint density at radius 3 is 2.72 bits per heavy atom. The highest BCUT2D eigenvalue weighted by Crippen LogP contribution is 2.27. The van der Waals surface area contributed by atoms with Crippen LogP contribution >= 0.6 is 15.9 Å². The third-order valence-electron chi connectivity index (χ3n) is 3.42. The van der Waals surface area contributed by atoms with Gasteiger partial charge in [-0.2, -0.15) is 0 Å². The summed E-state index contributed by atoms with van der Waals surface area (Å²) in [5.74, 6) is -0.357. The summed E-state index contributed by atoms with van der Waals surface area (Å²) in [4.78, 5) is 11.6. The van der Waals surface area contributed by atoms with Crippen LogP contribution in [0.2, 0.25) is 0 Å². The average molecular weight is 310 g/mol. The maximum Gasteiger partial charge on any atom is 0.310 e. The second-order valence-electron chi connectivity index (χ2n) is 4.48. The van der Waals surface area contributed by atoms with E-state index in [0.717, 1.165) is 9.99 Å². The first-order valence-corrected chi connectivity index (χ1v) is 6.68. The minimum absolute atomic E-state index is 0.0595. The van der Waals surface area contributed by atoms with Crippen LogP contribution in [0.1, 0.15) is 19.9 Å². The minimum atomic E-state index is -0.181. The molecule has 0 N–H and O–H groups in total. The van der Waals surface area contributed by atoms with E-state index in [0.29, 0.717) is 0 Å². The van der Waals surface area contributed by atoms with Crippen molar-refractivity contribution >= 4 is 32.8 Å². The van der Waals surface area contributed by atoms with Crippen LogP contribution in [0.4, 0.5) is 0 Å². The van der Waals surface area contributed by atoms with Crippen LogP contribution in [0.15, 0.2) is 34.9 Å². The number of esters is 1. The van der Waals surface area contributed by atoms with Crippen molar-refractivity contribution in [3.8, 4) is 0 Å². The van der Waals surface area contributed by atoms with Gasteiger partial charge in [0.15, 0.2) is 0 Å². The van der Waals surface area contributed by atoms with E-state index in [2.05, 4.69) is 38.7 Å². The molecule has 0 spiro atoms. The Bertz CT molecular complexity index is 576. The molecule has 0 aliphatic heterocycles. The molecule has 0 aliphatic carbocycles. The van der Waals surface area contributed by atoms with E-state index in [9.17, 15) is 4.79 Å². The lowest BCUT2D eigenvalue weighted by Gasteiger charge is -2.20. The predicted octanol–water partition coefficient (Wildman–Crippen LogP) is 3.77. The lowest BCUT2D eigenvalue weighted by Crippen LogP contribution is -2.22.